The Balaban J connectivity index is 2.27. The van der Waals surface area contributed by atoms with Crippen LogP contribution in [0.2, 0.25) is 0 Å². The van der Waals surface area contributed by atoms with Gasteiger partial charge in [-0.1, -0.05) is 31.2 Å². The molecule has 0 bridgehead atoms. The maximum absolute atomic E-state index is 10.7. The van der Waals surface area contributed by atoms with Crippen molar-refractivity contribution in [2.75, 3.05) is 6.61 Å². The second-order valence-corrected chi connectivity index (χ2v) is 4.72. The SMILES string of the molecule is CCc1cccc(C2(O)CCOC(C)C2)c1. The summed E-state index contributed by atoms with van der Waals surface area (Å²) < 4.78 is 5.49. The van der Waals surface area contributed by atoms with E-state index in [1.807, 2.05) is 19.1 Å². The number of hydrogen-bond acceptors (Lipinski definition) is 2. The van der Waals surface area contributed by atoms with Crippen LogP contribution in [0.1, 0.15) is 37.8 Å². The van der Waals surface area contributed by atoms with Gasteiger partial charge in [0.25, 0.3) is 0 Å². The van der Waals surface area contributed by atoms with Gasteiger partial charge in [-0.2, -0.15) is 0 Å². The summed E-state index contributed by atoms with van der Waals surface area (Å²) in [5.74, 6) is 0. The van der Waals surface area contributed by atoms with Gasteiger partial charge >= 0.3 is 0 Å². The Hall–Kier alpha value is -0.860. The Morgan fingerprint density at radius 2 is 2.31 bits per heavy atom. The third-order valence-electron chi connectivity index (χ3n) is 3.42. The van der Waals surface area contributed by atoms with Crippen molar-refractivity contribution >= 4 is 0 Å². The molecule has 1 heterocycles. The lowest BCUT2D eigenvalue weighted by molar-refractivity contribution is -0.101. The molecule has 1 fully saturated rings. The lowest BCUT2D eigenvalue weighted by Crippen LogP contribution is -2.37. The minimum atomic E-state index is -0.692. The van der Waals surface area contributed by atoms with Crippen molar-refractivity contribution in [1.29, 1.82) is 0 Å². The van der Waals surface area contributed by atoms with E-state index in [4.69, 9.17) is 4.74 Å². The van der Waals surface area contributed by atoms with Crippen molar-refractivity contribution in [3.8, 4) is 0 Å². The smallest absolute Gasteiger partial charge is 0.0943 e. The van der Waals surface area contributed by atoms with Crippen molar-refractivity contribution in [2.24, 2.45) is 0 Å². The minimum Gasteiger partial charge on any atom is -0.385 e. The topological polar surface area (TPSA) is 29.5 Å². The van der Waals surface area contributed by atoms with E-state index in [-0.39, 0.29) is 6.10 Å². The molecule has 2 atom stereocenters. The Morgan fingerprint density at radius 1 is 1.50 bits per heavy atom. The molecule has 1 aromatic carbocycles. The normalized spacial score (nSPS) is 30.3. The van der Waals surface area contributed by atoms with Crippen molar-refractivity contribution in [1.82, 2.24) is 0 Å². The van der Waals surface area contributed by atoms with Crippen LogP contribution < -0.4 is 0 Å². The van der Waals surface area contributed by atoms with E-state index in [0.717, 1.165) is 12.0 Å². The minimum absolute atomic E-state index is 0.143. The van der Waals surface area contributed by atoms with Gasteiger partial charge in [0.2, 0.25) is 0 Å². The quantitative estimate of drug-likeness (QED) is 0.830. The molecule has 0 spiro atoms. The predicted molar refractivity (Wildman–Crippen MR) is 64.4 cm³/mol. The lowest BCUT2D eigenvalue weighted by atomic mass is 9.83. The Bertz CT molecular complexity index is 362. The number of hydrogen-bond donors (Lipinski definition) is 1. The van der Waals surface area contributed by atoms with Gasteiger partial charge in [0.1, 0.15) is 0 Å². The van der Waals surface area contributed by atoms with Gasteiger partial charge in [0.15, 0.2) is 0 Å². The van der Waals surface area contributed by atoms with E-state index in [0.29, 0.717) is 19.4 Å². The molecule has 1 aliphatic rings. The summed E-state index contributed by atoms with van der Waals surface area (Å²) in [6.07, 6.45) is 2.55. The maximum atomic E-state index is 10.7. The number of aryl methyl sites for hydroxylation is 1. The first-order valence-corrected chi connectivity index (χ1v) is 6.07. The predicted octanol–water partition coefficient (Wildman–Crippen LogP) is 2.64. The Morgan fingerprint density at radius 3 is 3.00 bits per heavy atom. The molecular formula is C14H20O2. The Kier molecular flexibility index (Phi) is 3.31. The molecule has 0 saturated carbocycles. The molecule has 2 nitrogen and oxygen atoms in total. The van der Waals surface area contributed by atoms with Crippen LogP contribution in [0.25, 0.3) is 0 Å². The van der Waals surface area contributed by atoms with Crippen LogP contribution in [0.15, 0.2) is 24.3 Å². The average molecular weight is 220 g/mol. The van der Waals surface area contributed by atoms with E-state index in [2.05, 4.69) is 19.1 Å². The van der Waals surface area contributed by atoms with E-state index < -0.39 is 5.60 Å². The fraction of sp³-hybridized carbons (Fsp3) is 0.571. The number of ether oxygens (including phenoxy) is 1. The largest absolute Gasteiger partial charge is 0.385 e. The first-order chi connectivity index (χ1) is 7.64. The molecule has 0 amide bonds. The molecule has 0 radical (unpaired) electrons. The number of aliphatic hydroxyl groups is 1. The lowest BCUT2D eigenvalue weighted by Gasteiger charge is -2.36. The molecule has 16 heavy (non-hydrogen) atoms. The molecule has 0 aliphatic carbocycles. The summed E-state index contributed by atoms with van der Waals surface area (Å²) in [5, 5.41) is 10.7. The third kappa shape index (κ3) is 2.28. The summed E-state index contributed by atoms with van der Waals surface area (Å²) in [5.41, 5.74) is 1.63. The zero-order valence-corrected chi connectivity index (χ0v) is 10.1. The van der Waals surface area contributed by atoms with Gasteiger partial charge in [-0.25, -0.2) is 0 Å². The summed E-state index contributed by atoms with van der Waals surface area (Å²) in [4.78, 5) is 0. The highest BCUT2D eigenvalue weighted by Gasteiger charge is 2.34. The molecule has 2 heteroatoms. The summed E-state index contributed by atoms with van der Waals surface area (Å²) in [7, 11) is 0. The molecule has 0 aromatic heterocycles. The van der Waals surface area contributed by atoms with Gasteiger partial charge in [-0.3, -0.25) is 0 Å². The van der Waals surface area contributed by atoms with E-state index in [1.165, 1.54) is 5.56 Å². The van der Waals surface area contributed by atoms with Crippen LogP contribution in [0.5, 0.6) is 0 Å². The van der Waals surface area contributed by atoms with Crippen LogP contribution in [0.3, 0.4) is 0 Å². The first kappa shape index (κ1) is 11.6. The van der Waals surface area contributed by atoms with Crippen LogP contribution >= 0.6 is 0 Å². The summed E-state index contributed by atoms with van der Waals surface area (Å²) in [6, 6.07) is 8.29. The summed E-state index contributed by atoms with van der Waals surface area (Å²) >= 11 is 0. The molecule has 88 valence electrons. The van der Waals surface area contributed by atoms with Gasteiger partial charge in [-0.05, 0) is 24.5 Å². The van der Waals surface area contributed by atoms with E-state index in [9.17, 15) is 5.11 Å². The fourth-order valence-corrected chi connectivity index (χ4v) is 2.41. The van der Waals surface area contributed by atoms with Crippen molar-refractivity contribution < 1.29 is 9.84 Å². The highest BCUT2D eigenvalue weighted by atomic mass is 16.5. The van der Waals surface area contributed by atoms with E-state index >= 15 is 0 Å². The van der Waals surface area contributed by atoms with Crippen molar-refractivity contribution in [3.05, 3.63) is 35.4 Å². The molecule has 2 rings (SSSR count). The van der Waals surface area contributed by atoms with Crippen LogP contribution in [0.4, 0.5) is 0 Å². The second kappa shape index (κ2) is 4.56. The highest BCUT2D eigenvalue weighted by molar-refractivity contribution is 5.28. The van der Waals surface area contributed by atoms with Crippen molar-refractivity contribution in [2.45, 2.75) is 44.8 Å². The average Bonchev–Trinajstić information content (AvgIpc) is 2.29. The van der Waals surface area contributed by atoms with Crippen LogP contribution in [-0.2, 0) is 16.8 Å². The van der Waals surface area contributed by atoms with Gasteiger partial charge in [0.05, 0.1) is 18.3 Å². The molecule has 1 aliphatic heterocycles. The zero-order valence-electron chi connectivity index (χ0n) is 10.1. The fourth-order valence-electron chi connectivity index (χ4n) is 2.41. The standard InChI is InChI=1S/C14H20O2/c1-3-12-5-4-6-13(9-12)14(15)7-8-16-11(2)10-14/h4-6,9,11,15H,3,7-8,10H2,1-2H3. The summed E-state index contributed by atoms with van der Waals surface area (Å²) in [6.45, 7) is 4.80. The van der Waals surface area contributed by atoms with Gasteiger partial charge in [0, 0.05) is 12.8 Å². The van der Waals surface area contributed by atoms with Crippen LogP contribution in [-0.4, -0.2) is 17.8 Å². The van der Waals surface area contributed by atoms with Crippen molar-refractivity contribution in [3.63, 3.8) is 0 Å². The molecule has 2 unspecified atom stereocenters. The third-order valence-corrected chi connectivity index (χ3v) is 3.42. The number of rotatable bonds is 2. The maximum Gasteiger partial charge on any atom is 0.0943 e. The number of benzene rings is 1. The second-order valence-electron chi connectivity index (χ2n) is 4.72. The molecular weight excluding hydrogens is 200 g/mol. The molecule has 1 aromatic rings. The van der Waals surface area contributed by atoms with Gasteiger partial charge in [-0.15, -0.1) is 0 Å². The monoisotopic (exact) mass is 220 g/mol. The zero-order chi connectivity index (χ0) is 11.6. The Labute approximate surface area is 97.3 Å². The molecule has 1 saturated heterocycles. The van der Waals surface area contributed by atoms with E-state index in [1.54, 1.807) is 0 Å². The molecule has 1 N–H and O–H groups in total. The van der Waals surface area contributed by atoms with Crippen LogP contribution in [0, 0.1) is 0 Å². The van der Waals surface area contributed by atoms with Gasteiger partial charge < -0.3 is 9.84 Å². The first-order valence-electron chi connectivity index (χ1n) is 6.07. The highest BCUT2D eigenvalue weighted by Crippen LogP contribution is 2.34.